The molecule has 0 aromatic heterocycles. The van der Waals surface area contributed by atoms with Crippen LogP contribution in [0.25, 0.3) is 0 Å². The monoisotopic (exact) mass is 458 g/mol. The van der Waals surface area contributed by atoms with Crippen LogP contribution in [-0.4, -0.2) is 23.4 Å². The molecule has 3 aromatic rings. The second-order valence-corrected chi connectivity index (χ2v) is 11.0. The van der Waals surface area contributed by atoms with E-state index in [-0.39, 0.29) is 25.3 Å². The Kier molecular flexibility index (Phi) is 7.51. The van der Waals surface area contributed by atoms with E-state index in [2.05, 4.69) is 6.92 Å². The lowest BCUT2D eigenvalue weighted by Gasteiger charge is -2.14. The topological polar surface area (TPSA) is 77.5 Å². The number of hydrogen-bond acceptors (Lipinski definition) is 5. The number of ether oxygens (including phenoxy) is 1. The second-order valence-electron chi connectivity index (χ2n) is 7.15. The molecule has 0 saturated heterocycles. The molecule has 0 atom stereocenters. The lowest BCUT2D eigenvalue weighted by molar-refractivity contribution is 0.297. The van der Waals surface area contributed by atoms with Crippen LogP contribution < -0.4 is 4.74 Å². The summed E-state index contributed by atoms with van der Waals surface area (Å²) < 4.78 is 58.6. The number of benzene rings is 3. The molecule has 0 bridgehead atoms. The van der Waals surface area contributed by atoms with Crippen molar-refractivity contribution in [3.8, 4) is 5.75 Å². The van der Waals surface area contributed by atoms with Crippen LogP contribution in [0.15, 0.2) is 98.4 Å². The number of unbranched alkanes of at least 4 members (excludes halogenated alkanes) is 3. The Bertz CT molecular complexity index is 1200. The van der Waals surface area contributed by atoms with Crippen LogP contribution in [0.1, 0.15) is 32.6 Å². The Hall–Kier alpha value is -2.64. The van der Waals surface area contributed by atoms with Gasteiger partial charge in [0, 0.05) is 0 Å². The van der Waals surface area contributed by atoms with Crippen molar-refractivity contribution in [3.05, 3.63) is 78.9 Å². The minimum absolute atomic E-state index is 0.0834. The molecule has 5 nitrogen and oxygen atoms in total. The zero-order valence-corrected chi connectivity index (χ0v) is 19.0. The first-order chi connectivity index (χ1) is 14.9. The van der Waals surface area contributed by atoms with Crippen LogP contribution in [-0.2, 0) is 19.7 Å². The van der Waals surface area contributed by atoms with Crippen LogP contribution in [0.3, 0.4) is 0 Å². The van der Waals surface area contributed by atoms with Crippen molar-refractivity contribution in [2.45, 2.75) is 52.2 Å². The molecule has 0 saturated carbocycles. The van der Waals surface area contributed by atoms with Gasteiger partial charge in [-0.15, -0.1) is 0 Å². The third-order valence-electron chi connectivity index (χ3n) is 4.88. The Morgan fingerprint density at radius 2 is 1.23 bits per heavy atom. The molecule has 0 amide bonds. The van der Waals surface area contributed by atoms with Gasteiger partial charge in [-0.1, -0.05) is 62.6 Å². The molecule has 0 aliphatic rings. The summed E-state index contributed by atoms with van der Waals surface area (Å²) in [4.78, 5) is -0.0517. The average Bonchev–Trinajstić information content (AvgIpc) is 2.80. The van der Waals surface area contributed by atoms with Crippen molar-refractivity contribution >= 4 is 19.7 Å². The molecule has 0 aliphatic heterocycles. The fourth-order valence-corrected chi connectivity index (χ4v) is 5.98. The summed E-state index contributed by atoms with van der Waals surface area (Å²) >= 11 is 0. The SMILES string of the molecule is CCCCCCOc1ccc(S(=O)(=O)c2ccccc2)cc1S(=O)(=O)c1ccccc1. The van der Waals surface area contributed by atoms with Gasteiger partial charge in [-0.2, -0.15) is 0 Å². The Labute approximate surface area is 184 Å². The summed E-state index contributed by atoms with van der Waals surface area (Å²) in [6.45, 7) is 2.47. The molecule has 0 heterocycles. The molecule has 0 radical (unpaired) electrons. The molecule has 0 fully saturated rings. The van der Waals surface area contributed by atoms with Gasteiger partial charge in [0.2, 0.25) is 19.7 Å². The van der Waals surface area contributed by atoms with Gasteiger partial charge in [0.1, 0.15) is 10.6 Å². The minimum Gasteiger partial charge on any atom is -0.492 e. The Morgan fingerprint density at radius 3 is 1.81 bits per heavy atom. The van der Waals surface area contributed by atoms with Crippen LogP contribution in [0.5, 0.6) is 5.75 Å². The molecule has 0 N–H and O–H groups in total. The molecule has 3 rings (SSSR count). The number of sulfone groups is 2. The van der Waals surface area contributed by atoms with E-state index in [1.807, 2.05) is 0 Å². The first-order valence-electron chi connectivity index (χ1n) is 10.2. The van der Waals surface area contributed by atoms with E-state index in [4.69, 9.17) is 4.74 Å². The van der Waals surface area contributed by atoms with E-state index >= 15 is 0 Å². The highest BCUT2D eigenvalue weighted by Gasteiger charge is 2.26. The molecule has 0 unspecified atom stereocenters. The maximum Gasteiger partial charge on any atom is 0.210 e. The Morgan fingerprint density at radius 1 is 0.645 bits per heavy atom. The maximum atomic E-state index is 13.3. The molecular weight excluding hydrogens is 432 g/mol. The van der Waals surface area contributed by atoms with E-state index in [1.54, 1.807) is 36.4 Å². The van der Waals surface area contributed by atoms with Gasteiger partial charge in [0.15, 0.2) is 0 Å². The van der Waals surface area contributed by atoms with E-state index in [0.717, 1.165) is 25.7 Å². The quantitative estimate of drug-likeness (QED) is 0.385. The van der Waals surface area contributed by atoms with Gasteiger partial charge < -0.3 is 4.74 Å². The van der Waals surface area contributed by atoms with E-state index in [0.29, 0.717) is 6.61 Å². The normalized spacial score (nSPS) is 11.9. The van der Waals surface area contributed by atoms with E-state index in [9.17, 15) is 16.8 Å². The standard InChI is InChI=1S/C24H26O5S2/c1-2-3-4-11-18-29-23-17-16-22(30(25,26)20-12-7-5-8-13-20)19-24(23)31(27,28)21-14-9-6-10-15-21/h5-10,12-17,19H,2-4,11,18H2,1H3. The molecule has 31 heavy (non-hydrogen) atoms. The van der Waals surface area contributed by atoms with Crippen molar-refractivity contribution in [1.82, 2.24) is 0 Å². The second kappa shape index (κ2) is 10.1. The molecule has 0 aliphatic carbocycles. The first-order valence-corrected chi connectivity index (χ1v) is 13.2. The number of hydrogen-bond donors (Lipinski definition) is 0. The van der Waals surface area contributed by atoms with Gasteiger partial charge in [-0.25, -0.2) is 16.8 Å². The summed E-state index contributed by atoms with van der Waals surface area (Å²) in [7, 11) is -7.84. The smallest absolute Gasteiger partial charge is 0.210 e. The summed E-state index contributed by atoms with van der Waals surface area (Å²) in [5.74, 6) is 0.160. The zero-order valence-electron chi connectivity index (χ0n) is 17.4. The van der Waals surface area contributed by atoms with Crippen molar-refractivity contribution in [3.63, 3.8) is 0 Å². The Balaban J connectivity index is 2.05. The van der Waals surface area contributed by atoms with Crippen molar-refractivity contribution < 1.29 is 21.6 Å². The predicted molar refractivity (Wildman–Crippen MR) is 120 cm³/mol. The first kappa shape index (κ1) is 23.0. The fraction of sp³-hybridized carbons (Fsp3) is 0.250. The molecule has 0 spiro atoms. The van der Waals surface area contributed by atoms with Crippen molar-refractivity contribution in [2.75, 3.05) is 6.61 Å². The summed E-state index contributed by atoms with van der Waals surface area (Å²) in [5.41, 5.74) is 0. The highest BCUT2D eigenvalue weighted by Crippen LogP contribution is 2.33. The molecule has 164 valence electrons. The highest BCUT2D eigenvalue weighted by atomic mass is 32.2. The highest BCUT2D eigenvalue weighted by molar-refractivity contribution is 7.92. The average molecular weight is 459 g/mol. The summed E-state index contributed by atoms with van der Waals surface area (Å²) in [6.07, 6.45) is 3.94. The lowest BCUT2D eigenvalue weighted by atomic mass is 10.2. The summed E-state index contributed by atoms with van der Waals surface area (Å²) in [5, 5.41) is 0. The van der Waals surface area contributed by atoms with Gasteiger partial charge in [-0.3, -0.25) is 0 Å². The molecular formula is C24H26O5S2. The third kappa shape index (κ3) is 5.35. The summed E-state index contributed by atoms with van der Waals surface area (Å²) in [6, 6.07) is 19.9. The minimum atomic E-state index is -3.97. The maximum absolute atomic E-state index is 13.3. The lowest BCUT2D eigenvalue weighted by Crippen LogP contribution is -2.09. The van der Waals surface area contributed by atoms with Gasteiger partial charge in [-0.05, 0) is 48.9 Å². The van der Waals surface area contributed by atoms with Crippen molar-refractivity contribution in [1.29, 1.82) is 0 Å². The molecule has 3 aromatic carbocycles. The van der Waals surface area contributed by atoms with Crippen LogP contribution in [0, 0.1) is 0 Å². The van der Waals surface area contributed by atoms with Crippen LogP contribution in [0.2, 0.25) is 0 Å². The van der Waals surface area contributed by atoms with Gasteiger partial charge in [0.25, 0.3) is 0 Å². The third-order valence-corrected chi connectivity index (χ3v) is 8.44. The van der Waals surface area contributed by atoms with Crippen LogP contribution in [0.4, 0.5) is 0 Å². The van der Waals surface area contributed by atoms with Crippen LogP contribution >= 0.6 is 0 Å². The van der Waals surface area contributed by atoms with Gasteiger partial charge >= 0.3 is 0 Å². The molecule has 7 heteroatoms. The zero-order chi connectivity index (χ0) is 22.3. The fourth-order valence-electron chi connectivity index (χ4n) is 3.16. The number of rotatable bonds is 10. The van der Waals surface area contributed by atoms with Crippen molar-refractivity contribution in [2.24, 2.45) is 0 Å². The predicted octanol–water partition coefficient (Wildman–Crippen LogP) is 5.31. The van der Waals surface area contributed by atoms with E-state index < -0.39 is 19.7 Å². The van der Waals surface area contributed by atoms with E-state index in [1.165, 1.54) is 42.5 Å². The van der Waals surface area contributed by atoms with Gasteiger partial charge in [0.05, 0.1) is 21.3 Å². The largest absolute Gasteiger partial charge is 0.492 e.